The Kier molecular flexibility index (Phi) is 4.05. The van der Waals surface area contributed by atoms with Crippen LogP contribution in [0.1, 0.15) is 29.4 Å². The number of nitrogens with zero attached hydrogens (tertiary/aromatic N) is 5. The van der Waals surface area contributed by atoms with Gasteiger partial charge >= 0.3 is 0 Å². The van der Waals surface area contributed by atoms with E-state index in [2.05, 4.69) is 26.1 Å². The Labute approximate surface area is 145 Å². The average molecular weight is 336 g/mol. The molecule has 0 aliphatic heterocycles. The minimum absolute atomic E-state index is 0.418. The van der Waals surface area contributed by atoms with Crippen molar-refractivity contribution in [3.63, 3.8) is 0 Å². The molecule has 7 heteroatoms. The molecule has 0 radical (unpaired) electrons. The van der Waals surface area contributed by atoms with Crippen LogP contribution in [0.3, 0.4) is 0 Å². The molecule has 0 bridgehead atoms. The molecule has 3 heterocycles. The number of ether oxygens (including phenoxy) is 1. The molecule has 1 fully saturated rings. The lowest BCUT2D eigenvalue weighted by Crippen LogP contribution is -2.07. The van der Waals surface area contributed by atoms with Crippen molar-refractivity contribution in [2.24, 2.45) is 13.0 Å². The summed E-state index contributed by atoms with van der Waals surface area (Å²) in [5, 5.41) is 4.16. The number of hydrogen-bond donors (Lipinski definition) is 1. The highest BCUT2D eigenvalue weighted by Crippen LogP contribution is 2.46. The highest BCUT2D eigenvalue weighted by atomic mass is 16.5. The van der Waals surface area contributed by atoms with Gasteiger partial charge in [0.15, 0.2) is 0 Å². The van der Waals surface area contributed by atoms with Crippen molar-refractivity contribution in [2.45, 2.75) is 18.8 Å². The van der Waals surface area contributed by atoms with Crippen LogP contribution >= 0.6 is 0 Å². The fourth-order valence-corrected chi connectivity index (χ4v) is 2.97. The van der Waals surface area contributed by atoms with E-state index in [4.69, 9.17) is 10.5 Å². The maximum absolute atomic E-state index is 5.90. The Morgan fingerprint density at radius 1 is 1.32 bits per heavy atom. The van der Waals surface area contributed by atoms with Crippen molar-refractivity contribution in [2.75, 3.05) is 12.3 Å². The summed E-state index contributed by atoms with van der Waals surface area (Å²) in [5.41, 5.74) is 8.07. The van der Waals surface area contributed by atoms with Crippen LogP contribution in [0.25, 0.3) is 0 Å². The summed E-state index contributed by atoms with van der Waals surface area (Å²) in [6.07, 6.45) is 7.25. The molecule has 3 aromatic heterocycles. The lowest BCUT2D eigenvalue weighted by molar-refractivity contribution is 0.284. The number of nitrogens with two attached hydrogens (primary N) is 1. The van der Waals surface area contributed by atoms with Crippen LogP contribution in [0.4, 0.5) is 5.82 Å². The third-order valence-corrected chi connectivity index (χ3v) is 4.32. The summed E-state index contributed by atoms with van der Waals surface area (Å²) in [6.45, 7) is 0.615. The fourth-order valence-electron chi connectivity index (χ4n) is 2.97. The quantitative estimate of drug-likeness (QED) is 0.740. The van der Waals surface area contributed by atoms with Gasteiger partial charge < -0.3 is 10.5 Å². The molecule has 2 unspecified atom stereocenters. The topological polar surface area (TPSA) is 91.7 Å². The minimum Gasteiger partial charge on any atom is -0.477 e. The van der Waals surface area contributed by atoms with E-state index in [1.165, 1.54) is 0 Å². The van der Waals surface area contributed by atoms with Crippen LogP contribution in [0, 0.1) is 5.92 Å². The predicted molar refractivity (Wildman–Crippen MR) is 93.0 cm³/mol. The number of aryl methyl sites for hydroxylation is 1. The maximum atomic E-state index is 5.90. The molecule has 1 aliphatic rings. The van der Waals surface area contributed by atoms with Crippen LogP contribution in [-0.4, -0.2) is 31.3 Å². The first-order valence-electron chi connectivity index (χ1n) is 8.32. The summed E-state index contributed by atoms with van der Waals surface area (Å²) < 4.78 is 7.62. The molecule has 1 saturated carbocycles. The summed E-state index contributed by atoms with van der Waals surface area (Å²) in [7, 11) is 1.88. The van der Waals surface area contributed by atoms with E-state index < -0.39 is 0 Å². The number of hydrogen-bond acceptors (Lipinski definition) is 6. The van der Waals surface area contributed by atoms with Crippen LogP contribution in [0.15, 0.2) is 42.9 Å². The monoisotopic (exact) mass is 336 g/mol. The standard InChI is InChI=1S/C18H20N6O/c1-24-10-12(9-21-24)6-17-22-16(19)8-18(23-17)25-11-13-7-14(13)15-4-2-3-5-20-15/h2-5,8-10,13-14H,6-7,11H2,1H3,(H2,19,22,23). The Morgan fingerprint density at radius 3 is 3.00 bits per heavy atom. The van der Waals surface area contributed by atoms with Crippen LogP contribution in [-0.2, 0) is 13.5 Å². The number of pyridine rings is 1. The van der Waals surface area contributed by atoms with Crippen LogP contribution in [0.5, 0.6) is 5.88 Å². The molecule has 3 aromatic rings. The van der Waals surface area contributed by atoms with Gasteiger partial charge in [0, 0.05) is 49.5 Å². The number of nitrogen functional groups attached to an aromatic ring is 1. The molecular weight excluding hydrogens is 316 g/mol. The smallest absolute Gasteiger partial charge is 0.218 e. The van der Waals surface area contributed by atoms with E-state index in [9.17, 15) is 0 Å². The Hall–Kier alpha value is -2.96. The second-order valence-corrected chi connectivity index (χ2v) is 6.41. The highest BCUT2D eigenvalue weighted by Gasteiger charge is 2.39. The summed E-state index contributed by atoms with van der Waals surface area (Å²) in [5.74, 6) is 2.54. The zero-order valence-electron chi connectivity index (χ0n) is 14.0. The van der Waals surface area contributed by atoms with Crippen molar-refractivity contribution in [1.82, 2.24) is 24.7 Å². The second kappa shape index (κ2) is 6.51. The molecule has 2 N–H and O–H groups in total. The van der Waals surface area contributed by atoms with Crippen LogP contribution < -0.4 is 10.5 Å². The van der Waals surface area contributed by atoms with Gasteiger partial charge in [-0.05, 0) is 24.1 Å². The molecule has 0 aromatic carbocycles. The molecule has 0 saturated heterocycles. The van der Waals surface area contributed by atoms with Crippen LogP contribution in [0.2, 0.25) is 0 Å². The molecule has 2 atom stereocenters. The molecule has 0 amide bonds. The van der Waals surface area contributed by atoms with E-state index in [-0.39, 0.29) is 0 Å². The zero-order chi connectivity index (χ0) is 17.2. The SMILES string of the molecule is Cn1cc(Cc2nc(N)cc(OCC3CC3c3ccccn3)n2)cn1. The summed E-state index contributed by atoms with van der Waals surface area (Å²) >= 11 is 0. The van der Waals surface area contributed by atoms with Gasteiger partial charge in [0.2, 0.25) is 5.88 Å². The van der Waals surface area contributed by atoms with Gasteiger partial charge in [-0.15, -0.1) is 0 Å². The lowest BCUT2D eigenvalue weighted by Gasteiger charge is -2.07. The summed E-state index contributed by atoms with van der Waals surface area (Å²) in [6, 6.07) is 7.70. The largest absolute Gasteiger partial charge is 0.477 e. The van der Waals surface area contributed by atoms with E-state index in [0.29, 0.717) is 42.4 Å². The first-order chi connectivity index (χ1) is 12.2. The number of aromatic nitrogens is 5. The van der Waals surface area contributed by atoms with E-state index >= 15 is 0 Å². The molecule has 128 valence electrons. The lowest BCUT2D eigenvalue weighted by atomic mass is 10.2. The summed E-state index contributed by atoms with van der Waals surface area (Å²) in [4.78, 5) is 13.2. The first-order valence-corrected chi connectivity index (χ1v) is 8.32. The molecule has 1 aliphatic carbocycles. The normalized spacial score (nSPS) is 18.9. The van der Waals surface area contributed by atoms with Gasteiger partial charge in [0.1, 0.15) is 11.6 Å². The Morgan fingerprint density at radius 2 is 2.24 bits per heavy atom. The van der Waals surface area contributed by atoms with E-state index in [1.807, 2.05) is 31.6 Å². The van der Waals surface area contributed by atoms with Crippen molar-refractivity contribution < 1.29 is 4.74 Å². The minimum atomic E-state index is 0.418. The Balaban J connectivity index is 1.38. The zero-order valence-corrected chi connectivity index (χ0v) is 14.0. The van der Waals surface area contributed by atoms with Gasteiger partial charge in [-0.1, -0.05) is 6.07 Å². The molecule has 4 rings (SSSR count). The third kappa shape index (κ3) is 3.76. The average Bonchev–Trinajstić information content (AvgIpc) is 3.28. The van der Waals surface area contributed by atoms with Gasteiger partial charge in [-0.25, -0.2) is 4.98 Å². The highest BCUT2D eigenvalue weighted by molar-refractivity contribution is 5.34. The fraction of sp³-hybridized carbons (Fsp3) is 0.333. The number of rotatable bonds is 6. The van der Waals surface area contributed by atoms with Crippen molar-refractivity contribution in [3.05, 3.63) is 59.9 Å². The van der Waals surface area contributed by atoms with Crippen molar-refractivity contribution in [3.8, 4) is 5.88 Å². The molecule has 0 spiro atoms. The number of anilines is 1. The third-order valence-electron chi connectivity index (χ3n) is 4.32. The predicted octanol–water partition coefficient (Wildman–Crippen LogP) is 1.96. The van der Waals surface area contributed by atoms with Gasteiger partial charge in [0.05, 0.1) is 12.8 Å². The van der Waals surface area contributed by atoms with Gasteiger partial charge in [0.25, 0.3) is 0 Å². The molecular formula is C18H20N6O. The van der Waals surface area contributed by atoms with Gasteiger partial charge in [-0.2, -0.15) is 10.1 Å². The van der Waals surface area contributed by atoms with Gasteiger partial charge in [-0.3, -0.25) is 9.67 Å². The molecule has 7 nitrogen and oxygen atoms in total. The first kappa shape index (κ1) is 15.6. The van der Waals surface area contributed by atoms with Crippen molar-refractivity contribution in [1.29, 1.82) is 0 Å². The van der Waals surface area contributed by atoms with E-state index in [1.54, 1.807) is 16.9 Å². The van der Waals surface area contributed by atoms with Crippen molar-refractivity contribution >= 4 is 5.82 Å². The Bertz CT molecular complexity index is 863. The molecule has 25 heavy (non-hydrogen) atoms. The van der Waals surface area contributed by atoms with E-state index in [0.717, 1.165) is 17.7 Å². The second-order valence-electron chi connectivity index (χ2n) is 6.41. The maximum Gasteiger partial charge on any atom is 0.218 e.